The second-order valence-electron chi connectivity index (χ2n) is 5.48. The zero-order valence-corrected chi connectivity index (χ0v) is 13.7. The van der Waals surface area contributed by atoms with Crippen LogP contribution in [0.2, 0.25) is 5.02 Å². The molecule has 1 amide bonds. The van der Waals surface area contributed by atoms with Crippen LogP contribution < -0.4 is 15.8 Å². The predicted octanol–water partition coefficient (Wildman–Crippen LogP) is 0.900. The summed E-state index contributed by atoms with van der Waals surface area (Å²) in [6.45, 7) is 5.51. The van der Waals surface area contributed by atoms with Crippen molar-refractivity contribution in [2.45, 2.75) is 37.6 Å². The largest absolute Gasteiger partial charge is 0.382 e. The van der Waals surface area contributed by atoms with Gasteiger partial charge in [0.25, 0.3) is 0 Å². The number of amides is 1. The minimum absolute atomic E-state index is 0.0216. The summed E-state index contributed by atoms with van der Waals surface area (Å²) in [4.78, 5) is 15.2. The number of halogens is 1. The lowest BCUT2D eigenvalue weighted by Gasteiger charge is -2.20. The summed E-state index contributed by atoms with van der Waals surface area (Å²) >= 11 is 5.73. The highest BCUT2D eigenvalue weighted by atomic mass is 35.5. The molecule has 118 valence electrons. The molecule has 4 N–H and O–H groups in total. The van der Waals surface area contributed by atoms with E-state index in [1.807, 2.05) is 20.8 Å². The summed E-state index contributed by atoms with van der Waals surface area (Å²) in [5.74, 6) is -0.182. The van der Waals surface area contributed by atoms with Crippen LogP contribution in [-0.4, -0.2) is 31.4 Å². The van der Waals surface area contributed by atoms with Crippen molar-refractivity contribution in [2.75, 3.05) is 12.3 Å². The van der Waals surface area contributed by atoms with Gasteiger partial charge >= 0.3 is 0 Å². The summed E-state index contributed by atoms with van der Waals surface area (Å²) in [7, 11) is -3.77. The van der Waals surface area contributed by atoms with E-state index >= 15 is 0 Å². The van der Waals surface area contributed by atoms with Crippen molar-refractivity contribution in [1.82, 2.24) is 15.0 Å². The van der Waals surface area contributed by atoms with Gasteiger partial charge in [0.15, 0.2) is 0 Å². The second-order valence-corrected chi connectivity index (χ2v) is 7.66. The molecule has 9 heteroatoms. The number of aromatic nitrogens is 1. The molecule has 0 atom stereocenters. The van der Waals surface area contributed by atoms with Crippen LogP contribution in [0.5, 0.6) is 0 Å². The third-order valence-corrected chi connectivity index (χ3v) is 4.04. The molecule has 0 radical (unpaired) electrons. The Labute approximate surface area is 129 Å². The van der Waals surface area contributed by atoms with E-state index in [-0.39, 0.29) is 40.1 Å². The summed E-state index contributed by atoms with van der Waals surface area (Å²) < 4.78 is 26.3. The van der Waals surface area contributed by atoms with E-state index < -0.39 is 10.0 Å². The van der Waals surface area contributed by atoms with Crippen molar-refractivity contribution in [3.8, 4) is 0 Å². The predicted molar refractivity (Wildman–Crippen MR) is 81.4 cm³/mol. The van der Waals surface area contributed by atoms with Crippen molar-refractivity contribution in [3.05, 3.63) is 17.3 Å². The third-order valence-electron chi connectivity index (χ3n) is 2.31. The first-order chi connectivity index (χ1) is 9.51. The zero-order chi connectivity index (χ0) is 16.3. The maximum atomic E-state index is 12.0. The van der Waals surface area contributed by atoms with Gasteiger partial charge in [-0.15, -0.1) is 0 Å². The Morgan fingerprint density at radius 3 is 2.57 bits per heavy atom. The van der Waals surface area contributed by atoms with Crippen molar-refractivity contribution in [1.29, 1.82) is 0 Å². The van der Waals surface area contributed by atoms with E-state index in [0.29, 0.717) is 0 Å². The molecule has 0 saturated carbocycles. The smallest absolute Gasteiger partial charge is 0.242 e. The SMILES string of the molecule is CC(C)(C)NC(=O)CCNS(=O)(=O)c1cnc(N)c(Cl)c1. The third kappa shape index (κ3) is 5.86. The Morgan fingerprint density at radius 2 is 2.05 bits per heavy atom. The topological polar surface area (TPSA) is 114 Å². The minimum atomic E-state index is -3.77. The van der Waals surface area contributed by atoms with Gasteiger partial charge in [0, 0.05) is 24.7 Å². The Kier molecular flexibility index (Phi) is 5.54. The maximum Gasteiger partial charge on any atom is 0.242 e. The molecule has 1 aromatic rings. The summed E-state index contributed by atoms with van der Waals surface area (Å²) in [6.07, 6.45) is 1.14. The van der Waals surface area contributed by atoms with Crippen LogP contribution >= 0.6 is 11.6 Å². The molecule has 7 nitrogen and oxygen atoms in total. The number of hydrogen-bond acceptors (Lipinski definition) is 5. The lowest BCUT2D eigenvalue weighted by atomic mass is 10.1. The molecule has 21 heavy (non-hydrogen) atoms. The number of nitrogens with zero attached hydrogens (tertiary/aromatic N) is 1. The average Bonchev–Trinajstić information content (AvgIpc) is 2.29. The van der Waals surface area contributed by atoms with Crippen molar-refractivity contribution in [2.24, 2.45) is 0 Å². The van der Waals surface area contributed by atoms with Crippen molar-refractivity contribution in [3.63, 3.8) is 0 Å². The quantitative estimate of drug-likeness (QED) is 0.740. The lowest BCUT2D eigenvalue weighted by Crippen LogP contribution is -2.41. The Hall–Kier alpha value is -1.38. The first kappa shape index (κ1) is 17.7. The Balaban J connectivity index is 2.61. The van der Waals surface area contributed by atoms with Gasteiger partial charge < -0.3 is 11.1 Å². The zero-order valence-electron chi connectivity index (χ0n) is 12.1. The number of pyridine rings is 1. The van der Waals surface area contributed by atoms with Gasteiger partial charge in [-0.25, -0.2) is 18.1 Å². The standard InChI is InChI=1S/C12H19ClN4O3S/c1-12(2,3)17-10(18)4-5-16-21(19,20)8-6-9(13)11(14)15-7-8/h6-7,16H,4-5H2,1-3H3,(H2,14,15)(H,17,18). The molecule has 0 aromatic carbocycles. The van der Waals surface area contributed by atoms with Crippen molar-refractivity contribution < 1.29 is 13.2 Å². The van der Waals surface area contributed by atoms with Crippen LogP contribution in [0.3, 0.4) is 0 Å². The number of carbonyl (C=O) groups is 1. The Morgan fingerprint density at radius 1 is 1.43 bits per heavy atom. The first-order valence-corrected chi connectivity index (χ1v) is 8.09. The molecule has 0 unspecified atom stereocenters. The maximum absolute atomic E-state index is 12.0. The van der Waals surface area contributed by atoms with Crippen LogP contribution in [0, 0.1) is 0 Å². The normalized spacial score (nSPS) is 12.2. The molecule has 0 bridgehead atoms. The van der Waals surface area contributed by atoms with Gasteiger partial charge in [-0.2, -0.15) is 0 Å². The van der Waals surface area contributed by atoms with E-state index in [2.05, 4.69) is 15.0 Å². The number of anilines is 1. The number of rotatable bonds is 5. The molecule has 0 fully saturated rings. The van der Waals surface area contributed by atoms with Crippen LogP contribution in [0.25, 0.3) is 0 Å². The van der Waals surface area contributed by atoms with Crippen LogP contribution in [-0.2, 0) is 14.8 Å². The lowest BCUT2D eigenvalue weighted by molar-refractivity contribution is -0.122. The van der Waals surface area contributed by atoms with Gasteiger partial charge in [-0.3, -0.25) is 4.79 Å². The summed E-state index contributed by atoms with van der Waals surface area (Å²) in [5, 5.41) is 2.80. The number of hydrogen-bond donors (Lipinski definition) is 3. The Bertz CT molecular complexity index is 626. The van der Waals surface area contributed by atoms with Gasteiger partial charge in [0.05, 0.1) is 5.02 Å². The van der Waals surface area contributed by atoms with Crippen LogP contribution in [0.15, 0.2) is 17.2 Å². The fraction of sp³-hybridized carbons (Fsp3) is 0.500. The molecule has 0 aliphatic heterocycles. The van der Waals surface area contributed by atoms with Crippen LogP contribution in [0.4, 0.5) is 5.82 Å². The van der Waals surface area contributed by atoms with Crippen molar-refractivity contribution >= 4 is 33.3 Å². The van der Waals surface area contributed by atoms with E-state index in [0.717, 1.165) is 6.20 Å². The number of nitrogens with one attached hydrogen (secondary N) is 2. The molecule has 1 heterocycles. The van der Waals surface area contributed by atoms with E-state index in [4.69, 9.17) is 17.3 Å². The average molecular weight is 335 g/mol. The molecular weight excluding hydrogens is 316 g/mol. The molecule has 0 aliphatic rings. The molecule has 0 saturated heterocycles. The number of carbonyl (C=O) groups excluding carboxylic acids is 1. The van der Waals surface area contributed by atoms with Gasteiger partial charge in [-0.1, -0.05) is 11.6 Å². The minimum Gasteiger partial charge on any atom is -0.382 e. The molecule has 0 aliphatic carbocycles. The number of nitrogens with two attached hydrogens (primary N) is 1. The highest BCUT2D eigenvalue weighted by molar-refractivity contribution is 7.89. The second kappa shape index (κ2) is 6.59. The summed E-state index contributed by atoms with van der Waals surface area (Å²) in [5.41, 5.74) is 5.06. The van der Waals surface area contributed by atoms with Gasteiger partial charge in [0.1, 0.15) is 10.7 Å². The molecule has 1 rings (SSSR count). The molecule has 1 aromatic heterocycles. The van der Waals surface area contributed by atoms with E-state index in [1.165, 1.54) is 6.07 Å². The van der Waals surface area contributed by atoms with E-state index in [9.17, 15) is 13.2 Å². The fourth-order valence-electron chi connectivity index (χ4n) is 1.44. The first-order valence-electron chi connectivity index (χ1n) is 6.23. The van der Waals surface area contributed by atoms with Gasteiger partial charge in [-0.05, 0) is 26.8 Å². The summed E-state index contributed by atoms with van der Waals surface area (Å²) in [6, 6.07) is 1.21. The number of sulfonamides is 1. The van der Waals surface area contributed by atoms with Gasteiger partial charge in [0.2, 0.25) is 15.9 Å². The fourth-order valence-corrected chi connectivity index (χ4v) is 2.67. The highest BCUT2D eigenvalue weighted by Gasteiger charge is 2.17. The highest BCUT2D eigenvalue weighted by Crippen LogP contribution is 2.19. The van der Waals surface area contributed by atoms with Crippen LogP contribution in [0.1, 0.15) is 27.2 Å². The number of nitrogen functional groups attached to an aromatic ring is 1. The monoisotopic (exact) mass is 334 g/mol. The molecular formula is C12H19ClN4O3S. The molecule has 0 spiro atoms. The van der Waals surface area contributed by atoms with E-state index in [1.54, 1.807) is 0 Å².